The Labute approximate surface area is 196 Å². The summed E-state index contributed by atoms with van der Waals surface area (Å²) in [5.74, 6) is -1.53. The lowest BCUT2D eigenvalue weighted by molar-refractivity contribution is 0.0949. The Balaban J connectivity index is 1.48. The van der Waals surface area contributed by atoms with Crippen LogP contribution in [0.25, 0.3) is 22.0 Å². The van der Waals surface area contributed by atoms with Gasteiger partial charge in [-0.2, -0.15) is 0 Å². The van der Waals surface area contributed by atoms with Crippen LogP contribution in [0.2, 0.25) is 0 Å². The van der Waals surface area contributed by atoms with E-state index in [4.69, 9.17) is 0 Å². The van der Waals surface area contributed by atoms with Gasteiger partial charge in [0.15, 0.2) is 0 Å². The molecule has 0 saturated heterocycles. The molecule has 0 bridgehead atoms. The van der Waals surface area contributed by atoms with Gasteiger partial charge < -0.3 is 15.6 Å². The first-order valence-electron chi connectivity index (χ1n) is 11.0. The molecule has 0 radical (unpaired) electrons. The lowest BCUT2D eigenvalue weighted by atomic mass is 10.0. The van der Waals surface area contributed by atoms with Crippen molar-refractivity contribution in [2.75, 3.05) is 13.6 Å². The lowest BCUT2D eigenvalue weighted by Crippen LogP contribution is -2.26. The van der Waals surface area contributed by atoms with Crippen molar-refractivity contribution in [3.8, 4) is 11.1 Å². The van der Waals surface area contributed by atoms with Crippen LogP contribution in [0.1, 0.15) is 37.5 Å². The maximum absolute atomic E-state index is 14.8. The van der Waals surface area contributed by atoms with Gasteiger partial charge in [0.25, 0.3) is 11.8 Å². The van der Waals surface area contributed by atoms with Crippen molar-refractivity contribution in [3.05, 3.63) is 94.2 Å². The van der Waals surface area contributed by atoms with Crippen molar-refractivity contribution in [3.63, 3.8) is 0 Å². The molecule has 1 heterocycles. The van der Waals surface area contributed by atoms with Gasteiger partial charge in [-0.15, -0.1) is 0 Å². The van der Waals surface area contributed by atoms with Gasteiger partial charge in [-0.3, -0.25) is 9.59 Å². The van der Waals surface area contributed by atoms with Crippen molar-refractivity contribution >= 4 is 22.7 Å². The molecule has 0 saturated carbocycles. The zero-order valence-electron chi connectivity index (χ0n) is 19.2. The molecule has 0 unspecified atom stereocenters. The number of aryl methyl sites for hydroxylation is 2. The molecule has 7 heteroatoms. The third-order valence-corrected chi connectivity index (χ3v) is 5.98. The topological polar surface area (TPSA) is 74.0 Å². The monoisotopic (exact) mass is 461 g/mol. The quantitative estimate of drug-likeness (QED) is 0.375. The fourth-order valence-electron chi connectivity index (χ4n) is 4.22. The Morgan fingerprint density at radius 1 is 0.912 bits per heavy atom. The van der Waals surface area contributed by atoms with E-state index in [9.17, 15) is 18.4 Å². The minimum atomic E-state index is -0.555. The second kappa shape index (κ2) is 9.47. The molecule has 174 valence electrons. The zero-order valence-corrected chi connectivity index (χ0v) is 19.2. The fraction of sp³-hybridized carbons (Fsp3) is 0.185. The first kappa shape index (κ1) is 23.2. The number of carbonyl (C=O) groups excluding carboxylic acids is 2. The highest BCUT2D eigenvalue weighted by Crippen LogP contribution is 2.28. The predicted molar refractivity (Wildman–Crippen MR) is 129 cm³/mol. The number of hydrogen-bond donors (Lipinski definition) is 3. The number of fused-ring (bicyclic) bond motifs is 1. The van der Waals surface area contributed by atoms with Crippen molar-refractivity contribution < 1.29 is 18.4 Å². The average molecular weight is 462 g/mol. The molecule has 3 aromatic carbocycles. The third-order valence-electron chi connectivity index (χ3n) is 5.98. The summed E-state index contributed by atoms with van der Waals surface area (Å²) in [7, 11) is 1.53. The average Bonchev–Trinajstić information content (AvgIpc) is 3.18. The van der Waals surface area contributed by atoms with E-state index < -0.39 is 11.7 Å². The molecule has 4 aromatic rings. The van der Waals surface area contributed by atoms with Gasteiger partial charge in [0, 0.05) is 41.4 Å². The van der Waals surface area contributed by atoms with E-state index in [-0.39, 0.29) is 17.3 Å². The Kier molecular flexibility index (Phi) is 6.45. The number of halogens is 2. The summed E-state index contributed by atoms with van der Waals surface area (Å²) in [5.41, 5.74) is 4.69. The van der Waals surface area contributed by atoms with Gasteiger partial charge in [0.2, 0.25) is 0 Å². The number of hydrogen-bond acceptors (Lipinski definition) is 2. The molecule has 0 fully saturated rings. The maximum Gasteiger partial charge on any atom is 0.251 e. The van der Waals surface area contributed by atoms with Gasteiger partial charge in [-0.1, -0.05) is 24.3 Å². The summed E-state index contributed by atoms with van der Waals surface area (Å²) in [4.78, 5) is 27.6. The van der Waals surface area contributed by atoms with Crippen LogP contribution in [0, 0.1) is 25.5 Å². The Bertz CT molecular complexity index is 1410. The second-order valence-electron chi connectivity index (χ2n) is 8.20. The first-order valence-corrected chi connectivity index (χ1v) is 11.0. The van der Waals surface area contributed by atoms with Gasteiger partial charge >= 0.3 is 0 Å². The molecule has 0 spiro atoms. The van der Waals surface area contributed by atoms with E-state index in [1.807, 2.05) is 13.8 Å². The smallest absolute Gasteiger partial charge is 0.251 e. The van der Waals surface area contributed by atoms with Crippen molar-refractivity contribution in [2.24, 2.45) is 0 Å². The fourth-order valence-corrected chi connectivity index (χ4v) is 4.22. The summed E-state index contributed by atoms with van der Waals surface area (Å²) in [6, 6.07) is 14.1. The second-order valence-corrected chi connectivity index (χ2v) is 8.20. The number of amides is 2. The SMILES string of the molecule is CNC(=O)c1cccc(-c2ccc(C(=O)NCCc3c(C)[nH]c4c(F)ccc(C)c34)cc2F)c1. The molecule has 0 aliphatic rings. The van der Waals surface area contributed by atoms with Crippen LogP contribution in [-0.4, -0.2) is 30.4 Å². The molecule has 34 heavy (non-hydrogen) atoms. The first-order chi connectivity index (χ1) is 16.3. The number of aromatic amines is 1. The molecule has 2 amide bonds. The highest BCUT2D eigenvalue weighted by molar-refractivity contribution is 5.96. The van der Waals surface area contributed by atoms with E-state index >= 15 is 0 Å². The van der Waals surface area contributed by atoms with Crippen LogP contribution in [0.15, 0.2) is 54.6 Å². The highest BCUT2D eigenvalue weighted by atomic mass is 19.1. The molecule has 1 aromatic heterocycles. The van der Waals surface area contributed by atoms with Crippen LogP contribution in [0.3, 0.4) is 0 Å². The number of nitrogens with one attached hydrogen (secondary N) is 3. The van der Waals surface area contributed by atoms with Crippen LogP contribution in [0.4, 0.5) is 8.78 Å². The number of rotatable bonds is 6. The maximum atomic E-state index is 14.8. The van der Waals surface area contributed by atoms with Crippen LogP contribution in [0.5, 0.6) is 0 Å². The van der Waals surface area contributed by atoms with E-state index in [0.29, 0.717) is 35.2 Å². The Morgan fingerprint density at radius 2 is 1.68 bits per heavy atom. The van der Waals surface area contributed by atoms with Crippen LogP contribution < -0.4 is 10.6 Å². The number of carbonyl (C=O) groups is 2. The van der Waals surface area contributed by atoms with Gasteiger partial charge in [0.05, 0.1) is 5.52 Å². The van der Waals surface area contributed by atoms with E-state index in [2.05, 4.69) is 15.6 Å². The minimum Gasteiger partial charge on any atom is -0.356 e. The van der Waals surface area contributed by atoms with E-state index in [1.54, 1.807) is 36.4 Å². The summed E-state index contributed by atoms with van der Waals surface area (Å²) in [6.45, 7) is 4.12. The molecule has 0 atom stereocenters. The summed E-state index contributed by atoms with van der Waals surface area (Å²) in [6.07, 6.45) is 0.509. The summed E-state index contributed by atoms with van der Waals surface area (Å²) >= 11 is 0. The van der Waals surface area contributed by atoms with Gasteiger partial charge in [-0.25, -0.2) is 8.78 Å². The Morgan fingerprint density at radius 3 is 2.41 bits per heavy atom. The van der Waals surface area contributed by atoms with E-state index in [0.717, 1.165) is 22.2 Å². The number of aromatic nitrogens is 1. The largest absolute Gasteiger partial charge is 0.356 e. The van der Waals surface area contributed by atoms with Crippen molar-refractivity contribution in [1.29, 1.82) is 0 Å². The van der Waals surface area contributed by atoms with Gasteiger partial charge in [-0.05, 0) is 67.3 Å². The van der Waals surface area contributed by atoms with E-state index in [1.165, 1.54) is 25.2 Å². The number of benzene rings is 3. The predicted octanol–water partition coefficient (Wildman–Crippen LogP) is 5.06. The third kappa shape index (κ3) is 4.41. The van der Waals surface area contributed by atoms with Crippen molar-refractivity contribution in [2.45, 2.75) is 20.3 Å². The molecule has 0 aliphatic heterocycles. The molecular weight excluding hydrogens is 436 g/mol. The van der Waals surface area contributed by atoms with Gasteiger partial charge in [0.1, 0.15) is 11.6 Å². The summed E-state index contributed by atoms with van der Waals surface area (Å²) in [5, 5.41) is 6.19. The van der Waals surface area contributed by atoms with Crippen LogP contribution in [-0.2, 0) is 6.42 Å². The van der Waals surface area contributed by atoms with Crippen molar-refractivity contribution in [1.82, 2.24) is 15.6 Å². The molecule has 4 rings (SSSR count). The molecule has 5 nitrogen and oxygen atoms in total. The number of H-pyrrole nitrogens is 1. The minimum absolute atomic E-state index is 0.196. The zero-order chi connectivity index (χ0) is 24.4. The Hall–Kier alpha value is -4.00. The lowest BCUT2D eigenvalue weighted by Gasteiger charge is -2.10. The highest BCUT2D eigenvalue weighted by Gasteiger charge is 2.16. The molecule has 3 N–H and O–H groups in total. The summed E-state index contributed by atoms with van der Waals surface area (Å²) < 4.78 is 29.0. The normalized spacial score (nSPS) is 11.0. The molecule has 0 aliphatic carbocycles. The standard InChI is InChI=1S/C27H25F2N3O2/c1-15-7-10-22(28)25-24(15)20(16(2)32-25)11-12-31-27(34)19-8-9-21(23(29)14-19)17-5-4-6-18(13-17)26(33)30-3/h4-10,13-14,32H,11-12H2,1-3H3,(H,30,33)(H,31,34). The molecular formula is C27H25F2N3O2. The van der Waals surface area contributed by atoms with Crippen LogP contribution >= 0.6 is 0 Å².